The quantitative estimate of drug-likeness (QED) is 0.635. The van der Waals surface area contributed by atoms with E-state index in [0.717, 1.165) is 5.75 Å². The summed E-state index contributed by atoms with van der Waals surface area (Å²) in [5.74, 6) is 0.687. The second kappa shape index (κ2) is 5.97. The SMILES string of the molecule is CSCCC1NC(=O)N(CCCO)C1=O. The van der Waals surface area contributed by atoms with Crippen molar-refractivity contribution >= 4 is 23.7 Å². The summed E-state index contributed by atoms with van der Waals surface area (Å²) in [6.45, 7) is 0.295. The fourth-order valence-corrected chi connectivity index (χ4v) is 1.92. The van der Waals surface area contributed by atoms with Crippen LogP contribution in [-0.2, 0) is 4.79 Å². The molecule has 6 heteroatoms. The molecule has 0 aromatic rings. The zero-order valence-electron chi connectivity index (χ0n) is 8.73. The number of aliphatic hydroxyl groups excluding tert-OH is 1. The minimum absolute atomic E-state index is 0.00740. The molecule has 1 aliphatic heterocycles. The highest BCUT2D eigenvalue weighted by molar-refractivity contribution is 7.98. The average molecular weight is 232 g/mol. The van der Waals surface area contributed by atoms with Crippen LogP contribution in [0.4, 0.5) is 4.79 Å². The summed E-state index contributed by atoms with van der Waals surface area (Å²) >= 11 is 1.65. The van der Waals surface area contributed by atoms with Crippen molar-refractivity contribution in [1.82, 2.24) is 10.2 Å². The normalized spacial score (nSPS) is 20.9. The lowest BCUT2D eigenvalue weighted by atomic mass is 10.2. The van der Waals surface area contributed by atoms with Crippen LogP contribution < -0.4 is 5.32 Å². The lowest BCUT2D eigenvalue weighted by Gasteiger charge is -2.11. The molecule has 0 radical (unpaired) electrons. The number of amides is 3. The number of imide groups is 1. The van der Waals surface area contributed by atoms with Gasteiger partial charge in [-0.3, -0.25) is 9.69 Å². The number of aliphatic hydroxyl groups is 1. The molecule has 1 fully saturated rings. The molecule has 0 bridgehead atoms. The first-order valence-corrected chi connectivity index (χ1v) is 6.31. The molecular formula is C9H16N2O3S. The third kappa shape index (κ3) is 3.10. The Morgan fingerprint density at radius 1 is 1.53 bits per heavy atom. The fourth-order valence-electron chi connectivity index (χ4n) is 1.45. The smallest absolute Gasteiger partial charge is 0.324 e. The topological polar surface area (TPSA) is 69.6 Å². The molecule has 1 aliphatic rings. The van der Waals surface area contributed by atoms with Crippen LogP contribution in [0.1, 0.15) is 12.8 Å². The van der Waals surface area contributed by atoms with Gasteiger partial charge in [-0.15, -0.1) is 0 Å². The molecule has 0 aromatic heterocycles. The van der Waals surface area contributed by atoms with Gasteiger partial charge in [-0.25, -0.2) is 4.79 Å². The maximum Gasteiger partial charge on any atom is 0.324 e. The third-order valence-electron chi connectivity index (χ3n) is 2.26. The van der Waals surface area contributed by atoms with E-state index in [9.17, 15) is 9.59 Å². The van der Waals surface area contributed by atoms with Crippen LogP contribution in [0.25, 0.3) is 0 Å². The fraction of sp³-hybridized carbons (Fsp3) is 0.778. The summed E-state index contributed by atoms with van der Waals surface area (Å²) < 4.78 is 0. The van der Waals surface area contributed by atoms with E-state index in [2.05, 4.69) is 5.32 Å². The Hall–Kier alpha value is -0.750. The number of nitrogens with zero attached hydrogens (tertiary/aromatic N) is 1. The Labute approximate surface area is 93.2 Å². The van der Waals surface area contributed by atoms with E-state index in [0.29, 0.717) is 19.4 Å². The van der Waals surface area contributed by atoms with Crippen molar-refractivity contribution in [3.05, 3.63) is 0 Å². The van der Waals surface area contributed by atoms with Gasteiger partial charge in [-0.05, 0) is 24.9 Å². The first-order chi connectivity index (χ1) is 7.20. The molecule has 1 saturated heterocycles. The number of urea groups is 1. The van der Waals surface area contributed by atoms with Gasteiger partial charge in [0.25, 0.3) is 5.91 Å². The predicted octanol–water partition coefficient (Wildman–Crippen LogP) is 0.0423. The Morgan fingerprint density at radius 3 is 2.87 bits per heavy atom. The van der Waals surface area contributed by atoms with Crippen molar-refractivity contribution < 1.29 is 14.7 Å². The molecule has 86 valence electrons. The molecule has 1 atom stereocenters. The first-order valence-electron chi connectivity index (χ1n) is 4.92. The van der Waals surface area contributed by atoms with Gasteiger partial charge in [-0.2, -0.15) is 11.8 Å². The molecule has 0 aliphatic carbocycles. The summed E-state index contributed by atoms with van der Waals surface area (Å²) in [6.07, 6.45) is 3.07. The van der Waals surface area contributed by atoms with E-state index >= 15 is 0 Å². The van der Waals surface area contributed by atoms with Crippen molar-refractivity contribution in [3.8, 4) is 0 Å². The number of hydrogen-bond acceptors (Lipinski definition) is 4. The highest BCUT2D eigenvalue weighted by Crippen LogP contribution is 2.11. The standard InChI is InChI=1S/C9H16N2O3S/c1-15-6-3-7-8(13)11(4-2-5-12)9(14)10-7/h7,12H,2-6H2,1H3,(H,10,14). The van der Waals surface area contributed by atoms with Gasteiger partial charge in [0.2, 0.25) is 0 Å². The van der Waals surface area contributed by atoms with E-state index in [1.165, 1.54) is 4.90 Å². The van der Waals surface area contributed by atoms with Gasteiger partial charge < -0.3 is 10.4 Å². The molecule has 0 aromatic carbocycles. The summed E-state index contributed by atoms with van der Waals surface area (Å²) in [4.78, 5) is 24.2. The van der Waals surface area contributed by atoms with E-state index in [-0.39, 0.29) is 24.6 Å². The molecule has 2 N–H and O–H groups in total. The van der Waals surface area contributed by atoms with Gasteiger partial charge in [0.1, 0.15) is 6.04 Å². The molecule has 5 nitrogen and oxygen atoms in total. The van der Waals surface area contributed by atoms with Crippen LogP contribution in [0.3, 0.4) is 0 Å². The van der Waals surface area contributed by atoms with Gasteiger partial charge in [0.05, 0.1) is 0 Å². The Balaban J connectivity index is 2.46. The predicted molar refractivity (Wildman–Crippen MR) is 58.7 cm³/mol. The monoisotopic (exact) mass is 232 g/mol. The highest BCUT2D eigenvalue weighted by Gasteiger charge is 2.36. The van der Waals surface area contributed by atoms with Crippen molar-refractivity contribution in [2.75, 3.05) is 25.2 Å². The van der Waals surface area contributed by atoms with Crippen LogP contribution >= 0.6 is 11.8 Å². The number of carbonyl (C=O) groups excluding carboxylic acids is 2. The first kappa shape index (κ1) is 12.3. The Morgan fingerprint density at radius 2 is 2.27 bits per heavy atom. The van der Waals surface area contributed by atoms with Crippen molar-refractivity contribution in [2.24, 2.45) is 0 Å². The van der Waals surface area contributed by atoms with Crippen LogP contribution in [0.5, 0.6) is 0 Å². The number of carbonyl (C=O) groups is 2. The van der Waals surface area contributed by atoms with Crippen LogP contribution in [-0.4, -0.2) is 53.1 Å². The molecule has 1 heterocycles. The van der Waals surface area contributed by atoms with Gasteiger partial charge in [-0.1, -0.05) is 0 Å². The molecule has 15 heavy (non-hydrogen) atoms. The van der Waals surface area contributed by atoms with Crippen molar-refractivity contribution in [3.63, 3.8) is 0 Å². The van der Waals surface area contributed by atoms with E-state index in [1.807, 2.05) is 6.26 Å². The number of nitrogens with one attached hydrogen (secondary N) is 1. The van der Waals surface area contributed by atoms with Gasteiger partial charge >= 0.3 is 6.03 Å². The maximum atomic E-state index is 11.7. The van der Waals surface area contributed by atoms with Crippen LogP contribution in [0, 0.1) is 0 Å². The lowest BCUT2D eigenvalue weighted by Crippen LogP contribution is -2.32. The minimum atomic E-state index is -0.372. The second-order valence-corrected chi connectivity index (χ2v) is 4.34. The number of thioether (sulfide) groups is 1. The minimum Gasteiger partial charge on any atom is -0.396 e. The Bertz CT molecular complexity index is 248. The molecule has 1 rings (SSSR count). The molecule has 3 amide bonds. The molecule has 0 saturated carbocycles. The van der Waals surface area contributed by atoms with Gasteiger partial charge in [0, 0.05) is 13.2 Å². The van der Waals surface area contributed by atoms with Gasteiger partial charge in [0.15, 0.2) is 0 Å². The summed E-state index contributed by atoms with van der Waals surface area (Å²) in [6, 6.07) is -0.705. The van der Waals surface area contributed by atoms with E-state index in [1.54, 1.807) is 11.8 Å². The molecular weight excluding hydrogens is 216 g/mol. The number of hydrogen-bond donors (Lipinski definition) is 2. The van der Waals surface area contributed by atoms with Crippen LogP contribution in [0.15, 0.2) is 0 Å². The zero-order chi connectivity index (χ0) is 11.3. The average Bonchev–Trinajstić information content (AvgIpc) is 2.49. The maximum absolute atomic E-state index is 11.7. The lowest BCUT2D eigenvalue weighted by molar-refractivity contribution is -0.127. The largest absolute Gasteiger partial charge is 0.396 e. The number of rotatable bonds is 6. The molecule has 0 spiro atoms. The highest BCUT2D eigenvalue weighted by atomic mass is 32.2. The molecule has 1 unspecified atom stereocenters. The zero-order valence-corrected chi connectivity index (χ0v) is 9.55. The van der Waals surface area contributed by atoms with Crippen molar-refractivity contribution in [2.45, 2.75) is 18.9 Å². The summed E-state index contributed by atoms with van der Waals surface area (Å²) in [5, 5.41) is 11.3. The van der Waals surface area contributed by atoms with Crippen LogP contribution in [0.2, 0.25) is 0 Å². The Kier molecular flexibility index (Phi) is 4.90. The third-order valence-corrected chi connectivity index (χ3v) is 2.90. The second-order valence-electron chi connectivity index (χ2n) is 3.35. The van der Waals surface area contributed by atoms with E-state index in [4.69, 9.17) is 5.11 Å². The van der Waals surface area contributed by atoms with E-state index < -0.39 is 0 Å². The summed E-state index contributed by atoms with van der Waals surface area (Å²) in [7, 11) is 0. The van der Waals surface area contributed by atoms with Crippen molar-refractivity contribution in [1.29, 1.82) is 0 Å². The summed E-state index contributed by atoms with van der Waals surface area (Å²) in [5.41, 5.74) is 0.